The van der Waals surface area contributed by atoms with Crippen LogP contribution in [-0.2, 0) is 99.2 Å². The zero-order chi connectivity index (χ0) is 0. The summed E-state index contributed by atoms with van der Waals surface area (Å²) in [5, 5.41) is 0. The molecule has 2 radical (unpaired) electrons. The molecule has 0 bridgehead atoms. The van der Waals surface area contributed by atoms with Crippen LogP contribution in [0.4, 0.5) is 0 Å². The first kappa shape index (κ1) is 269. The molecule has 0 saturated carbocycles. The Kier molecular flexibility index (Phi) is 5910. The standard InChI is InChI=1S/2Cr.5O.2V/q;;5*-2;;. The maximum Gasteiger partial charge on any atom is 0 e. The molecule has 0 aromatic rings. The molecular formula is Cr2O5V2-10. The fraction of sp³-hybridized carbons (Fsp3) is 0. The van der Waals surface area contributed by atoms with E-state index in [1.807, 2.05) is 0 Å². The van der Waals surface area contributed by atoms with Crippen molar-refractivity contribution in [2.75, 3.05) is 0 Å². The molecule has 0 amide bonds. The van der Waals surface area contributed by atoms with Crippen molar-refractivity contribution in [3.8, 4) is 0 Å². The maximum atomic E-state index is 0. The first-order chi connectivity index (χ1) is 0. The van der Waals surface area contributed by atoms with Crippen LogP contribution in [-0.4, -0.2) is 0 Å². The molecule has 9 heavy (non-hydrogen) atoms. The molecule has 0 N–H and O–H groups in total. The van der Waals surface area contributed by atoms with E-state index in [2.05, 4.69) is 0 Å². The van der Waals surface area contributed by atoms with E-state index in [1.54, 1.807) is 0 Å². The molecule has 0 aliphatic carbocycles. The Bertz CT molecular complexity index is 12.9. The van der Waals surface area contributed by atoms with Gasteiger partial charge in [0.1, 0.15) is 0 Å². The third kappa shape index (κ3) is 157. The fourth-order valence-electron chi connectivity index (χ4n) is 0. The second-order valence-corrected chi connectivity index (χ2v) is 0. The van der Waals surface area contributed by atoms with Crippen LogP contribution in [0.1, 0.15) is 0 Å². The van der Waals surface area contributed by atoms with E-state index in [-0.39, 0.29) is 99.2 Å². The second kappa shape index (κ2) is 198. The zero-order valence-electron chi connectivity index (χ0n) is 3.75. The van der Waals surface area contributed by atoms with Crippen molar-refractivity contribution >= 4 is 0 Å². The van der Waals surface area contributed by atoms with E-state index < -0.39 is 0 Å². The molecule has 0 aliphatic heterocycles. The topological polar surface area (TPSA) is 142 Å². The Hall–Kier alpha value is 2.03. The monoisotopic (exact) mass is 286 g/mol. The molecule has 0 fully saturated rings. The van der Waals surface area contributed by atoms with Gasteiger partial charge in [0, 0.05) is 71.8 Å². The van der Waals surface area contributed by atoms with Gasteiger partial charge in [0.15, 0.2) is 0 Å². The minimum absolute atomic E-state index is 0. The average Bonchev–Trinajstić information content (AvgIpc) is 0. The van der Waals surface area contributed by atoms with Gasteiger partial charge >= 0.3 is 0 Å². The molecule has 62 valence electrons. The number of hydrogen-bond donors (Lipinski definition) is 0. The first-order valence-corrected chi connectivity index (χ1v) is 0. The minimum Gasteiger partial charge on any atom is -2.00 e. The molecular weight excluding hydrogens is 286 g/mol. The van der Waals surface area contributed by atoms with Crippen molar-refractivity contribution in [1.82, 2.24) is 0 Å². The summed E-state index contributed by atoms with van der Waals surface area (Å²) in [6, 6.07) is 0. The van der Waals surface area contributed by atoms with Gasteiger partial charge < -0.3 is 27.4 Å². The van der Waals surface area contributed by atoms with Crippen LogP contribution < -0.4 is 0 Å². The van der Waals surface area contributed by atoms with Crippen LogP contribution in [0.25, 0.3) is 0 Å². The molecule has 0 aromatic heterocycles. The zero-order valence-corrected chi connectivity index (χ0v) is 9.10. The van der Waals surface area contributed by atoms with Crippen molar-refractivity contribution in [3.05, 3.63) is 0 Å². The van der Waals surface area contributed by atoms with Crippen molar-refractivity contribution in [2.45, 2.75) is 0 Å². The van der Waals surface area contributed by atoms with E-state index in [0.717, 1.165) is 0 Å². The Balaban J connectivity index is 0. The Labute approximate surface area is 98.5 Å². The van der Waals surface area contributed by atoms with Gasteiger partial charge in [0.05, 0.1) is 0 Å². The van der Waals surface area contributed by atoms with E-state index in [0.29, 0.717) is 0 Å². The van der Waals surface area contributed by atoms with Crippen molar-refractivity contribution in [2.24, 2.45) is 0 Å². The van der Waals surface area contributed by atoms with Crippen LogP contribution >= 0.6 is 0 Å². The summed E-state index contributed by atoms with van der Waals surface area (Å²) in [6.45, 7) is 0. The molecule has 0 aromatic carbocycles. The Morgan fingerprint density at radius 3 is 0.333 bits per heavy atom. The Morgan fingerprint density at radius 2 is 0.333 bits per heavy atom. The van der Waals surface area contributed by atoms with E-state index in [9.17, 15) is 0 Å². The van der Waals surface area contributed by atoms with Gasteiger partial charge in [0.2, 0.25) is 0 Å². The maximum absolute atomic E-state index is 0. The normalized spacial score (nSPS) is 0. The molecule has 0 saturated heterocycles. The van der Waals surface area contributed by atoms with Gasteiger partial charge in [-0.2, -0.15) is 0 Å². The van der Waals surface area contributed by atoms with Crippen LogP contribution in [0.3, 0.4) is 0 Å². The van der Waals surface area contributed by atoms with Gasteiger partial charge in [-0.15, -0.1) is 0 Å². The molecule has 0 spiro atoms. The average molecular weight is 286 g/mol. The fourth-order valence-corrected chi connectivity index (χ4v) is 0. The first-order valence-electron chi connectivity index (χ1n) is 0. The van der Waals surface area contributed by atoms with Gasteiger partial charge in [-0.1, -0.05) is 0 Å². The predicted octanol–water partition coefficient (Wildman–Crippen LogP) is -0.604. The SMILES string of the molecule is [Cr].[Cr].[O-2].[O-2].[O-2].[O-2].[O-2].[V].[V]. The van der Waals surface area contributed by atoms with Crippen LogP contribution in [0, 0.1) is 0 Å². The van der Waals surface area contributed by atoms with Gasteiger partial charge in [0.25, 0.3) is 0 Å². The molecule has 0 rings (SSSR count). The third-order valence-electron chi connectivity index (χ3n) is 0. The molecule has 0 aliphatic rings. The molecule has 0 unspecified atom stereocenters. The summed E-state index contributed by atoms with van der Waals surface area (Å²) in [7, 11) is 0. The summed E-state index contributed by atoms with van der Waals surface area (Å²) >= 11 is 0. The summed E-state index contributed by atoms with van der Waals surface area (Å²) in [5.74, 6) is 0. The predicted molar refractivity (Wildman–Crippen MR) is 3.43 cm³/mol. The van der Waals surface area contributed by atoms with Crippen molar-refractivity contribution < 1.29 is 99.2 Å². The number of rotatable bonds is 0. The van der Waals surface area contributed by atoms with Crippen LogP contribution in [0.5, 0.6) is 0 Å². The van der Waals surface area contributed by atoms with Gasteiger partial charge in [-0.25, -0.2) is 0 Å². The number of hydrogen-bond acceptors (Lipinski definition) is 0. The van der Waals surface area contributed by atoms with E-state index in [4.69, 9.17) is 0 Å². The summed E-state index contributed by atoms with van der Waals surface area (Å²) in [4.78, 5) is 0. The quantitative estimate of drug-likeness (QED) is 0.560. The summed E-state index contributed by atoms with van der Waals surface area (Å²) < 4.78 is 0. The summed E-state index contributed by atoms with van der Waals surface area (Å²) in [5.41, 5.74) is 0. The van der Waals surface area contributed by atoms with E-state index >= 15 is 0 Å². The van der Waals surface area contributed by atoms with Crippen molar-refractivity contribution in [3.63, 3.8) is 0 Å². The van der Waals surface area contributed by atoms with Crippen molar-refractivity contribution in [1.29, 1.82) is 0 Å². The Morgan fingerprint density at radius 1 is 0.333 bits per heavy atom. The van der Waals surface area contributed by atoms with Crippen LogP contribution in [0.2, 0.25) is 0 Å². The van der Waals surface area contributed by atoms with E-state index in [1.165, 1.54) is 0 Å². The third-order valence-corrected chi connectivity index (χ3v) is 0. The molecule has 0 atom stereocenters. The summed E-state index contributed by atoms with van der Waals surface area (Å²) in [6.07, 6.45) is 0. The van der Waals surface area contributed by atoms with Crippen LogP contribution in [0.15, 0.2) is 0 Å². The van der Waals surface area contributed by atoms with Gasteiger partial charge in [-0.3, -0.25) is 0 Å². The molecule has 9 heteroatoms. The molecule has 0 heterocycles. The minimum atomic E-state index is 0. The molecule has 5 nitrogen and oxygen atoms in total. The van der Waals surface area contributed by atoms with Gasteiger partial charge in [-0.05, 0) is 0 Å². The smallest absolute Gasteiger partial charge is 0 e. The second-order valence-electron chi connectivity index (χ2n) is 0. The largest absolute Gasteiger partial charge is 2.00 e.